The molecule has 0 saturated carbocycles. The van der Waals surface area contributed by atoms with Gasteiger partial charge in [0, 0.05) is 5.56 Å². The third-order valence-electron chi connectivity index (χ3n) is 2.44. The Morgan fingerprint density at radius 3 is 2.95 bits per heavy atom. The molecule has 0 bridgehead atoms. The first-order valence-corrected chi connectivity index (χ1v) is 6.79. The molecule has 7 heteroatoms. The number of carbonyl (C=O) groups is 1. The maximum atomic E-state index is 11.7. The Hall–Kier alpha value is -2.04. The van der Waals surface area contributed by atoms with E-state index in [0.29, 0.717) is 26.3 Å². The number of rotatable bonds is 4. The quantitative estimate of drug-likeness (QED) is 0.678. The molecule has 5 nitrogen and oxygen atoms in total. The van der Waals surface area contributed by atoms with Gasteiger partial charge in [0.25, 0.3) is 5.91 Å². The van der Waals surface area contributed by atoms with Gasteiger partial charge in [-0.2, -0.15) is 5.26 Å². The van der Waals surface area contributed by atoms with Crippen LogP contribution in [0.3, 0.4) is 0 Å². The molecule has 1 heterocycles. The average Bonchev–Trinajstić information content (AvgIpc) is 2.75. The smallest absolute Gasteiger partial charge is 0.263 e. The minimum Gasteiger partial charge on any atom is -0.493 e. The number of nitriles is 1. The predicted octanol–water partition coefficient (Wildman–Crippen LogP) is 2.09. The zero-order valence-corrected chi connectivity index (χ0v) is 12.1. The van der Waals surface area contributed by atoms with E-state index >= 15 is 0 Å². The van der Waals surface area contributed by atoms with E-state index in [9.17, 15) is 4.79 Å². The normalized spacial score (nSPS) is 15.9. The molecule has 1 amide bonds. The van der Waals surface area contributed by atoms with Gasteiger partial charge in [0.2, 0.25) is 0 Å². The van der Waals surface area contributed by atoms with Crippen molar-refractivity contribution in [2.24, 2.45) is 0 Å². The molecule has 1 aliphatic rings. The highest BCUT2D eigenvalue weighted by Crippen LogP contribution is 2.35. The maximum absolute atomic E-state index is 11.7. The molecule has 0 aliphatic carbocycles. The summed E-state index contributed by atoms with van der Waals surface area (Å²) in [6.45, 7) is -0.103. The largest absolute Gasteiger partial charge is 0.493 e. The summed E-state index contributed by atoms with van der Waals surface area (Å²) >= 11 is 6.12. The lowest BCUT2D eigenvalue weighted by Gasteiger charge is -2.11. The molecular weight excluding hydrogens is 296 g/mol. The third kappa shape index (κ3) is 3.10. The number of carbonyl (C=O) groups excluding carboxylic acids is 1. The Bertz CT molecular complexity index is 635. The van der Waals surface area contributed by atoms with Gasteiger partial charge in [-0.25, -0.2) is 0 Å². The van der Waals surface area contributed by atoms with Crippen LogP contribution >= 0.6 is 24.0 Å². The molecule has 1 aliphatic heterocycles. The van der Waals surface area contributed by atoms with Crippen molar-refractivity contribution in [2.75, 3.05) is 13.7 Å². The number of nitrogens with zero attached hydrogens (tertiary/aromatic N) is 1. The van der Waals surface area contributed by atoms with E-state index in [1.54, 1.807) is 24.3 Å². The van der Waals surface area contributed by atoms with E-state index in [2.05, 4.69) is 5.32 Å². The van der Waals surface area contributed by atoms with Crippen LogP contribution in [0, 0.1) is 11.3 Å². The molecule has 102 valence electrons. The van der Waals surface area contributed by atoms with Gasteiger partial charge < -0.3 is 14.8 Å². The van der Waals surface area contributed by atoms with E-state index < -0.39 is 0 Å². The van der Waals surface area contributed by atoms with Crippen LogP contribution in [-0.4, -0.2) is 23.9 Å². The van der Waals surface area contributed by atoms with Gasteiger partial charge in [-0.1, -0.05) is 36.1 Å². The molecule has 20 heavy (non-hydrogen) atoms. The van der Waals surface area contributed by atoms with Crippen LogP contribution in [0.5, 0.6) is 11.5 Å². The average molecular weight is 306 g/mol. The molecule has 0 unspecified atom stereocenters. The van der Waals surface area contributed by atoms with Crippen molar-refractivity contribution in [1.29, 1.82) is 5.26 Å². The van der Waals surface area contributed by atoms with Gasteiger partial charge in [0.05, 0.1) is 12.0 Å². The molecule has 1 aromatic carbocycles. The monoisotopic (exact) mass is 306 g/mol. The van der Waals surface area contributed by atoms with E-state index in [0.717, 1.165) is 0 Å². The molecule has 2 rings (SSSR count). The fourth-order valence-corrected chi connectivity index (χ4v) is 2.66. The second-order valence-corrected chi connectivity index (χ2v) is 5.40. The third-order valence-corrected chi connectivity index (χ3v) is 3.60. The van der Waals surface area contributed by atoms with Crippen LogP contribution in [-0.2, 0) is 4.79 Å². The topological polar surface area (TPSA) is 71.3 Å². The van der Waals surface area contributed by atoms with Gasteiger partial charge in [-0.3, -0.25) is 4.79 Å². The first-order valence-electron chi connectivity index (χ1n) is 5.57. The Morgan fingerprint density at radius 1 is 1.55 bits per heavy atom. The number of hydrogen-bond donors (Lipinski definition) is 1. The highest BCUT2D eigenvalue weighted by Gasteiger charge is 2.23. The van der Waals surface area contributed by atoms with Crippen molar-refractivity contribution in [3.05, 3.63) is 28.7 Å². The SMILES string of the molecule is COc1cccc(/C=C2/SC(=S)NC2=O)c1OCC#N. The molecular formula is C13H10N2O3S2. The van der Waals surface area contributed by atoms with Gasteiger partial charge in [0.15, 0.2) is 18.1 Å². The van der Waals surface area contributed by atoms with Crippen molar-refractivity contribution in [2.45, 2.75) is 0 Å². The maximum Gasteiger partial charge on any atom is 0.263 e. The van der Waals surface area contributed by atoms with Gasteiger partial charge in [-0.15, -0.1) is 0 Å². The minimum atomic E-state index is -0.242. The second kappa shape index (κ2) is 6.41. The number of thiocarbonyl (C=S) groups is 1. The number of hydrogen-bond acceptors (Lipinski definition) is 6. The van der Waals surface area contributed by atoms with E-state index in [4.69, 9.17) is 27.0 Å². The predicted molar refractivity (Wildman–Crippen MR) is 80.4 cm³/mol. The van der Waals surface area contributed by atoms with Crippen LogP contribution in [0.15, 0.2) is 23.1 Å². The summed E-state index contributed by atoms with van der Waals surface area (Å²) in [6, 6.07) is 7.18. The first kappa shape index (κ1) is 14.4. The van der Waals surface area contributed by atoms with Crippen molar-refractivity contribution >= 4 is 40.3 Å². The summed E-state index contributed by atoms with van der Waals surface area (Å²) in [5.41, 5.74) is 0.655. The van der Waals surface area contributed by atoms with Crippen LogP contribution < -0.4 is 14.8 Å². The fourth-order valence-electron chi connectivity index (χ4n) is 1.63. The Kier molecular flexibility index (Phi) is 4.61. The minimum absolute atomic E-state index is 0.103. The number of amides is 1. The summed E-state index contributed by atoms with van der Waals surface area (Å²) in [6.07, 6.45) is 1.66. The van der Waals surface area contributed by atoms with Crippen LogP contribution in [0.4, 0.5) is 0 Å². The molecule has 0 atom stereocenters. The summed E-state index contributed by atoms with van der Waals surface area (Å²) in [5.74, 6) is 0.685. The Morgan fingerprint density at radius 2 is 2.35 bits per heavy atom. The highest BCUT2D eigenvalue weighted by atomic mass is 32.2. The second-order valence-electron chi connectivity index (χ2n) is 3.68. The van der Waals surface area contributed by atoms with Gasteiger partial charge in [0.1, 0.15) is 10.4 Å². The first-order chi connectivity index (χ1) is 9.65. The van der Waals surface area contributed by atoms with Crippen LogP contribution in [0.25, 0.3) is 6.08 Å². The Balaban J connectivity index is 2.41. The molecule has 0 spiro atoms. The zero-order valence-electron chi connectivity index (χ0n) is 10.5. The Labute approximate surface area is 125 Å². The van der Waals surface area contributed by atoms with E-state index in [1.165, 1.54) is 18.9 Å². The zero-order chi connectivity index (χ0) is 14.5. The number of ether oxygens (including phenoxy) is 2. The number of thioether (sulfide) groups is 1. The lowest BCUT2D eigenvalue weighted by atomic mass is 10.1. The standard InChI is InChI=1S/C13H10N2O3S2/c1-17-9-4-2-3-8(11(9)18-6-5-14)7-10-12(16)15-13(19)20-10/h2-4,7H,6H2,1H3,(H,15,16,19)/b10-7+. The van der Waals surface area contributed by atoms with Crippen molar-refractivity contribution < 1.29 is 14.3 Å². The summed E-state index contributed by atoms with van der Waals surface area (Å²) < 4.78 is 11.0. The van der Waals surface area contributed by atoms with E-state index in [-0.39, 0.29) is 12.5 Å². The van der Waals surface area contributed by atoms with Crippen LogP contribution in [0.1, 0.15) is 5.56 Å². The van der Waals surface area contributed by atoms with E-state index in [1.807, 2.05) is 6.07 Å². The van der Waals surface area contributed by atoms with Gasteiger partial charge in [-0.05, 0) is 12.1 Å². The van der Waals surface area contributed by atoms with Crippen molar-refractivity contribution in [1.82, 2.24) is 5.32 Å². The molecule has 1 N–H and O–H groups in total. The molecule has 1 fully saturated rings. The summed E-state index contributed by atoms with van der Waals surface area (Å²) in [5, 5.41) is 11.2. The lowest BCUT2D eigenvalue weighted by molar-refractivity contribution is -0.115. The summed E-state index contributed by atoms with van der Waals surface area (Å²) in [7, 11) is 1.51. The molecule has 0 radical (unpaired) electrons. The van der Waals surface area contributed by atoms with Crippen molar-refractivity contribution in [3.63, 3.8) is 0 Å². The lowest BCUT2D eigenvalue weighted by Crippen LogP contribution is -2.17. The fraction of sp³-hybridized carbons (Fsp3) is 0.154. The molecule has 1 saturated heterocycles. The molecule has 1 aromatic rings. The highest BCUT2D eigenvalue weighted by molar-refractivity contribution is 8.26. The number of methoxy groups -OCH3 is 1. The van der Waals surface area contributed by atoms with Crippen LogP contribution in [0.2, 0.25) is 0 Å². The number of benzene rings is 1. The van der Waals surface area contributed by atoms with Gasteiger partial charge >= 0.3 is 0 Å². The number of nitrogens with one attached hydrogen (secondary N) is 1. The molecule has 0 aromatic heterocycles. The van der Waals surface area contributed by atoms with Crippen molar-refractivity contribution in [3.8, 4) is 17.6 Å². The number of para-hydroxylation sites is 1. The summed E-state index contributed by atoms with van der Waals surface area (Å²) in [4.78, 5) is 12.1.